The van der Waals surface area contributed by atoms with Gasteiger partial charge in [0.25, 0.3) is 5.69 Å². The fraction of sp³-hybridized carbons (Fsp3) is 0.385. The standard InChI is InChI=1S/C13H15BrN2O2/c14-12-9-11(16(17)18)5-6-13(12)15-8-7-10-3-1-2-4-10/h3,5-6,9,15H,1-2,4,7-8H2. The average molecular weight is 311 g/mol. The number of hydrogen-bond acceptors (Lipinski definition) is 3. The van der Waals surface area contributed by atoms with Crippen LogP contribution in [0.15, 0.2) is 34.3 Å². The molecule has 0 fully saturated rings. The van der Waals surface area contributed by atoms with Crippen molar-refractivity contribution in [2.45, 2.75) is 25.7 Å². The third-order valence-electron chi connectivity index (χ3n) is 3.06. The van der Waals surface area contributed by atoms with Gasteiger partial charge in [0, 0.05) is 28.8 Å². The predicted octanol–water partition coefficient (Wildman–Crippen LogP) is 4.27. The lowest BCUT2D eigenvalue weighted by Gasteiger charge is -2.08. The van der Waals surface area contributed by atoms with Crippen LogP contribution in [0.2, 0.25) is 0 Å². The molecule has 0 aromatic heterocycles. The van der Waals surface area contributed by atoms with E-state index in [1.54, 1.807) is 6.07 Å². The van der Waals surface area contributed by atoms with Crippen LogP contribution in [0.3, 0.4) is 0 Å². The largest absolute Gasteiger partial charge is 0.384 e. The van der Waals surface area contributed by atoms with Crippen molar-refractivity contribution < 1.29 is 4.92 Å². The van der Waals surface area contributed by atoms with Crippen molar-refractivity contribution in [1.82, 2.24) is 0 Å². The van der Waals surface area contributed by atoms with Crippen LogP contribution in [0.1, 0.15) is 25.7 Å². The van der Waals surface area contributed by atoms with Gasteiger partial charge in [0.1, 0.15) is 0 Å². The number of nitrogens with one attached hydrogen (secondary N) is 1. The number of nitrogens with zero attached hydrogens (tertiary/aromatic N) is 1. The summed E-state index contributed by atoms with van der Waals surface area (Å²) < 4.78 is 0.733. The van der Waals surface area contributed by atoms with E-state index < -0.39 is 4.92 Å². The first-order valence-corrected chi connectivity index (χ1v) is 6.82. The maximum atomic E-state index is 10.6. The van der Waals surface area contributed by atoms with E-state index in [2.05, 4.69) is 27.3 Å². The van der Waals surface area contributed by atoms with Gasteiger partial charge in [-0.2, -0.15) is 0 Å². The summed E-state index contributed by atoms with van der Waals surface area (Å²) in [7, 11) is 0. The van der Waals surface area contributed by atoms with E-state index in [1.165, 1.54) is 37.0 Å². The maximum absolute atomic E-state index is 10.6. The summed E-state index contributed by atoms with van der Waals surface area (Å²) >= 11 is 3.35. The third-order valence-corrected chi connectivity index (χ3v) is 3.72. The Morgan fingerprint density at radius 1 is 1.44 bits per heavy atom. The highest BCUT2D eigenvalue weighted by Gasteiger charge is 2.09. The van der Waals surface area contributed by atoms with Crippen molar-refractivity contribution in [2.24, 2.45) is 0 Å². The second-order valence-electron chi connectivity index (χ2n) is 4.35. The Hall–Kier alpha value is -1.36. The van der Waals surface area contributed by atoms with E-state index in [4.69, 9.17) is 0 Å². The number of allylic oxidation sites excluding steroid dienone is 1. The van der Waals surface area contributed by atoms with Gasteiger partial charge in [-0.15, -0.1) is 0 Å². The summed E-state index contributed by atoms with van der Waals surface area (Å²) in [4.78, 5) is 10.2. The van der Waals surface area contributed by atoms with Crippen LogP contribution in [0.5, 0.6) is 0 Å². The minimum Gasteiger partial charge on any atom is -0.384 e. The topological polar surface area (TPSA) is 55.2 Å². The number of rotatable bonds is 5. The van der Waals surface area contributed by atoms with Crippen molar-refractivity contribution >= 4 is 27.3 Å². The molecule has 1 aliphatic rings. The summed E-state index contributed by atoms with van der Waals surface area (Å²) in [5.74, 6) is 0. The number of benzene rings is 1. The predicted molar refractivity (Wildman–Crippen MR) is 75.8 cm³/mol. The normalized spacial score (nSPS) is 14.4. The van der Waals surface area contributed by atoms with Crippen LogP contribution in [0.25, 0.3) is 0 Å². The highest BCUT2D eigenvalue weighted by atomic mass is 79.9. The molecule has 0 radical (unpaired) electrons. The lowest BCUT2D eigenvalue weighted by Crippen LogP contribution is -2.03. The lowest BCUT2D eigenvalue weighted by atomic mass is 10.1. The Morgan fingerprint density at radius 3 is 2.89 bits per heavy atom. The van der Waals surface area contributed by atoms with E-state index in [1.807, 2.05) is 0 Å². The minimum atomic E-state index is -0.391. The number of anilines is 1. The van der Waals surface area contributed by atoms with Gasteiger partial charge >= 0.3 is 0 Å². The Labute approximate surface area is 114 Å². The van der Waals surface area contributed by atoms with Crippen molar-refractivity contribution in [3.8, 4) is 0 Å². The van der Waals surface area contributed by atoms with E-state index in [-0.39, 0.29) is 5.69 Å². The van der Waals surface area contributed by atoms with Gasteiger partial charge in [0.2, 0.25) is 0 Å². The summed E-state index contributed by atoms with van der Waals surface area (Å²) in [5, 5.41) is 13.9. The maximum Gasteiger partial charge on any atom is 0.270 e. The van der Waals surface area contributed by atoms with Crippen LogP contribution in [-0.2, 0) is 0 Å². The summed E-state index contributed by atoms with van der Waals surface area (Å²) in [6.45, 7) is 0.863. The SMILES string of the molecule is O=[N+]([O-])c1ccc(NCCC2=CCCC2)c(Br)c1. The molecule has 0 saturated carbocycles. The van der Waals surface area contributed by atoms with Gasteiger partial charge in [0.05, 0.1) is 4.92 Å². The number of nitro benzene ring substituents is 1. The zero-order chi connectivity index (χ0) is 13.0. The highest BCUT2D eigenvalue weighted by Crippen LogP contribution is 2.27. The van der Waals surface area contributed by atoms with Crippen LogP contribution in [0, 0.1) is 10.1 Å². The van der Waals surface area contributed by atoms with E-state index in [0.717, 1.165) is 23.1 Å². The molecule has 18 heavy (non-hydrogen) atoms. The highest BCUT2D eigenvalue weighted by molar-refractivity contribution is 9.10. The van der Waals surface area contributed by atoms with Gasteiger partial charge in [-0.25, -0.2) is 0 Å². The first-order valence-electron chi connectivity index (χ1n) is 6.02. The van der Waals surface area contributed by atoms with Gasteiger partial charge in [-0.3, -0.25) is 10.1 Å². The van der Waals surface area contributed by atoms with Crippen molar-refractivity contribution in [3.63, 3.8) is 0 Å². The Balaban J connectivity index is 1.91. The smallest absolute Gasteiger partial charge is 0.270 e. The molecule has 1 N–H and O–H groups in total. The minimum absolute atomic E-state index is 0.103. The number of hydrogen-bond donors (Lipinski definition) is 1. The Bertz CT molecular complexity index is 486. The van der Waals surface area contributed by atoms with Gasteiger partial charge in [-0.1, -0.05) is 11.6 Å². The average Bonchev–Trinajstić information content (AvgIpc) is 2.84. The van der Waals surface area contributed by atoms with Crippen molar-refractivity contribution in [1.29, 1.82) is 0 Å². The second kappa shape index (κ2) is 6.00. The molecule has 0 amide bonds. The second-order valence-corrected chi connectivity index (χ2v) is 5.21. The number of halogens is 1. The molecule has 0 bridgehead atoms. The molecule has 1 aromatic carbocycles. The third kappa shape index (κ3) is 3.32. The van der Waals surface area contributed by atoms with Crippen LogP contribution in [0.4, 0.5) is 11.4 Å². The molecule has 5 heteroatoms. The molecule has 2 rings (SSSR count). The molecule has 96 valence electrons. The molecule has 0 heterocycles. The molecular weight excluding hydrogens is 296 g/mol. The molecule has 1 aliphatic carbocycles. The molecule has 1 aromatic rings. The fourth-order valence-electron chi connectivity index (χ4n) is 2.08. The Morgan fingerprint density at radius 2 is 2.28 bits per heavy atom. The van der Waals surface area contributed by atoms with E-state index in [0.29, 0.717) is 0 Å². The summed E-state index contributed by atoms with van der Waals surface area (Å²) in [6.07, 6.45) is 7.05. The number of nitro groups is 1. The van der Waals surface area contributed by atoms with Crippen molar-refractivity contribution in [3.05, 3.63) is 44.4 Å². The number of non-ortho nitro benzene ring substituents is 1. The van der Waals surface area contributed by atoms with Crippen LogP contribution < -0.4 is 5.32 Å². The van der Waals surface area contributed by atoms with Crippen molar-refractivity contribution in [2.75, 3.05) is 11.9 Å². The quantitative estimate of drug-likeness (QED) is 0.502. The molecule has 4 nitrogen and oxygen atoms in total. The summed E-state index contributed by atoms with van der Waals surface area (Å²) in [5.41, 5.74) is 2.52. The van der Waals surface area contributed by atoms with E-state index in [9.17, 15) is 10.1 Å². The lowest BCUT2D eigenvalue weighted by molar-refractivity contribution is -0.384. The molecule has 0 aliphatic heterocycles. The zero-order valence-electron chi connectivity index (χ0n) is 9.99. The van der Waals surface area contributed by atoms with Gasteiger partial charge in [0.15, 0.2) is 0 Å². The zero-order valence-corrected chi connectivity index (χ0v) is 11.6. The Kier molecular flexibility index (Phi) is 4.36. The fourth-order valence-corrected chi connectivity index (χ4v) is 2.59. The first-order chi connectivity index (χ1) is 8.66. The van der Waals surface area contributed by atoms with E-state index >= 15 is 0 Å². The first kappa shape index (κ1) is 13.1. The van der Waals surface area contributed by atoms with Gasteiger partial charge < -0.3 is 5.32 Å². The van der Waals surface area contributed by atoms with Crippen LogP contribution in [-0.4, -0.2) is 11.5 Å². The molecule has 0 saturated heterocycles. The monoisotopic (exact) mass is 310 g/mol. The molecule has 0 unspecified atom stereocenters. The molecule has 0 spiro atoms. The van der Waals surface area contributed by atoms with Crippen LogP contribution >= 0.6 is 15.9 Å². The molecule has 0 atom stereocenters. The molecular formula is C13H15BrN2O2. The summed E-state index contributed by atoms with van der Waals surface area (Å²) in [6, 6.07) is 4.78. The van der Waals surface area contributed by atoms with Gasteiger partial charge in [-0.05, 0) is 47.7 Å².